The van der Waals surface area contributed by atoms with Gasteiger partial charge in [-0.15, -0.1) is 0 Å². The van der Waals surface area contributed by atoms with Crippen LogP contribution in [0.3, 0.4) is 0 Å². The van der Waals surface area contributed by atoms with Crippen LogP contribution in [0.5, 0.6) is 0 Å². The van der Waals surface area contributed by atoms with Crippen LogP contribution in [0.2, 0.25) is 0 Å². The van der Waals surface area contributed by atoms with Crippen LogP contribution in [0.25, 0.3) is 0 Å². The molecule has 2 N–H and O–H groups in total. The second-order valence-electron chi connectivity index (χ2n) is 6.01. The minimum absolute atomic E-state index is 0.180. The topological polar surface area (TPSA) is 29.3 Å². The van der Waals surface area contributed by atoms with Crippen molar-refractivity contribution in [2.75, 3.05) is 7.05 Å². The van der Waals surface area contributed by atoms with Crippen molar-refractivity contribution in [3.8, 4) is 0 Å². The number of nitrogens with two attached hydrogens (primary N) is 1. The molecule has 0 aromatic heterocycles. The predicted molar refractivity (Wildman–Crippen MR) is 85.2 cm³/mol. The first-order valence-corrected chi connectivity index (χ1v) is 7.66. The molecule has 2 atom stereocenters. The first-order valence-electron chi connectivity index (χ1n) is 7.26. The summed E-state index contributed by atoms with van der Waals surface area (Å²) in [5, 5.41) is 0. The zero-order chi connectivity index (χ0) is 14.7. The molecule has 1 aromatic carbocycles. The third-order valence-electron chi connectivity index (χ3n) is 4.28. The van der Waals surface area contributed by atoms with E-state index < -0.39 is 0 Å². The van der Waals surface area contributed by atoms with Crippen LogP contribution < -0.4 is 5.73 Å². The van der Waals surface area contributed by atoms with Crippen molar-refractivity contribution in [1.29, 1.82) is 0 Å². The molecule has 2 unspecified atom stereocenters. The number of thiocarbonyl (C=S) groups is 1. The Kier molecular flexibility index (Phi) is 5.11. The van der Waals surface area contributed by atoms with Gasteiger partial charge < -0.3 is 5.73 Å². The highest BCUT2D eigenvalue weighted by Gasteiger charge is 2.23. The Bertz CT molecular complexity index is 489. The molecule has 1 aromatic rings. The van der Waals surface area contributed by atoms with Gasteiger partial charge in [-0.1, -0.05) is 32.0 Å². The minimum atomic E-state index is -0.180. The van der Waals surface area contributed by atoms with E-state index in [9.17, 15) is 4.39 Å². The maximum absolute atomic E-state index is 13.9. The van der Waals surface area contributed by atoms with Crippen LogP contribution in [0.15, 0.2) is 18.2 Å². The normalized spacial score (nSPS) is 23.0. The Morgan fingerprint density at radius 2 is 2.20 bits per heavy atom. The average molecular weight is 294 g/mol. The summed E-state index contributed by atoms with van der Waals surface area (Å²) in [6, 6.07) is 5.43. The van der Waals surface area contributed by atoms with Gasteiger partial charge in [0.2, 0.25) is 0 Å². The summed E-state index contributed by atoms with van der Waals surface area (Å²) in [6.07, 6.45) is 4.99. The second kappa shape index (κ2) is 6.64. The van der Waals surface area contributed by atoms with Crippen LogP contribution in [-0.4, -0.2) is 23.0 Å². The van der Waals surface area contributed by atoms with Crippen molar-refractivity contribution < 1.29 is 4.39 Å². The van der Waals surface area contributed by atoms with Crippen molar-refractivity contribution in [1.82, 2.24) is 4.90 Å². The number of nitrogens with zero attached hydrogens (tertiary/aromatic N) is 1. The van der Waals surface area contributed by atoms with E-state index in [1.807, 2.05) is 0 Å². The van der Waals surface area contributed by atoms with E-state index in [-0.39, 0.29) is 5.82 Å². The molecule has 0 amide bonds. The molecule has 0 bridgehead atoms. The van der Waals surface area contributed by atoms with Gasteiger partial charge in [0.15, 0.2) is 0 Å². The standard InChI is InChI=1S/C16H23FN2S/c1-11-4-3-5-14(8-11)19(2)10-13-9-12(16(18)20)6-7-15(13)17/h6-7,9,11,14H,3-5,8,10H2,1-2H3,(H2,18,20). The number of halogens is 1. The molecule has 0 aliphatic heterocycles. The third-order valence-corrected chi connectivity index (χ3v) is 4.52. The zero-order valence-electron chi connectivity index (χ0n) is 12.2. The summed E-state index contributed by atoms with van der Waals surface area (Å²) < 4.78 is 13.9. The zero-order valence-corrected chi connectivity index (χ0v) is 13.0. The van der Waals surface area contributed by atoms with Gasteiger partial charge in [0.1, 0.15) is 10.8 Å². The Balaban J connectivity index is 2.08. The van der Waals surface area contributed by atoms with Crippen molar-refractivity contribution in [2.24, 2.45) is 11.7 Å². The third kappa shape index (κ3) is 3.76. The molecule has 1 aliphatic rings. The Labute approximate surface area is 126 Å². The summed E-state index contributed by atoms with van der Waals surface area (Å²) in [4.78, 5) is 2.58. The number of hydrogen-bond donors (Lipinski definition) is 1. The predicted octanol–water partition coefficient (Wildman–Crippen LogP) is 3.47. The Hall–Kier alpha value is -1.00. The van der Waals surface area contributed by atoms with E-state index in [1.165, 1.54) is 31.7 Å². The maximum atomic E-state index is 13.9. The molecule has 1 saturated carbocycles. The first kappa shape index (κ1) is 15.4. The van der Waals surface area contributed by atoms with Crippen LogP contribution in [-0.2, 0) is 6.54 Å². The van der Waals surface area contributed by atoms with Gasteiger partial charge in [-0.25, -0.2) is 4.39 Å². The van der Waals surface area contributed by atoms with Crippen molar-refractivity contribution in [3.63, 3.8) is 0 Å². The smallest absolute Gasteiger partial charge is 0.127 e. The lowest BCUT2D eigenvalue weighted by Gasteiger charge is -2.34. The number of benzene rings is 1. The molecule has 2 rings (SSSR count). The van der Waals surface area contributed by atoms with Crippen LogP contribution in [0.4, 0.5) is 4.39 Å². The van der Waals surface area contributed by atoms with Gasteiger partial charge in [0.25, 0.3) is 0 Å². The Morgan fingerprint density at radius 3 is 2.85 bits per heavy atom. The van der Waals surface area contributed by atoms with Crippen molar-refractivity contribution in [2.45, 2.75) is 45.2 Å². The largest absolute Gasteiger partial charge is 0.389 e. The van der Waals surface area contributed by atoms with Gasteiger partial charge in [-0.05, 0) is 44.0 Å². The lowest BCUT2D eigenvalue weighted by molar-refractivity contribution is 0.156. The van der Waals surface area contributed by atoms with E-state index in [4.69, 9.17) is 18.0 Å². The van der Waals surface area contributed by atoms with Crippen LogP contribution in [0.1, 0.15) is 43.7 Å². The molecular formula is C16H23FN2S. The number of hydrogen-bond acceptors (Lipinski definition) is 2. The second-order valence-corrected chi connectivity index (χ2v) is 6.45. The number of rotatable bonds is 4. The van der Waals surface area contributed by atoms with Crippen LogP contribution in [0, 0.1) is 11.7 Å². The van der Waals surface area contributed by atoms with Gasteiger partial charge in [0, 0.05) is 23.7 Å². The monoisotopic (exact) mass is 294 g/mol. The molecule has 4 heteroatoms. The fraction of sp³-hybridized carbons (Fsp3) is 0.562. The lowest BCUT2D eigenvalue weighted by atomic mass is 9.86. The van der Waals surface area contributed by atoms with Crippen molar-refractivity contribution >= 4 is 17.2 Å². The summed E-state index contributed by atoms with van der Waals surface area (Å²) in [6.45, 7) is 2.91. The highest BCUT2D eigenvalue weighted by Crippen LogP contribution is 2.27. The summed E-state index contributed by atoms with van der Waals surface area (Å²) in [5.41, 5.74) is 7.03. The molecule has 1 fully saturated rings. The highest BCUT2D eigenvalue weighted by molar-refractivity contribution is 7.80. The minimum Gasteiger partial charge on any atom is -0.389 e. The highest BCUT2D eigenvalue weighted by atomic mass is 32.1. The van der Waals surface area contributed by atoms with Gasteiger partial charge in [-0.2, -0.15) is 0 Å². The van der Waals surface area contributed by atoms with Crippen LogP contribution >= 0.6 is 12.2 Å². The van der Waals surface area contributed by atoms with E-state index in [2.05, 4.69) is 18.9 Å². The molecule has 110 valence electrons. The van der Waals surface area contributed by atoms with Gasteiger partial charge in [0.05, 0.1) is 0 Å². The van der Waals surface area contributed by atoms with Gasteiger partial charge in [-0.3, -0.25) is 4.90 Å². The lowest BCUT2D eigenvalue weighted by Crippen LogP contribution is -2.35. The summed E-state index contributed by atoms with van der Waals surface area (Å²) >= 11 is 4.96. The van der Waals surface area contributed by atoms with E-state index >= 15 is 0 Å². The average Bonchev–Trinajstić information content (AvgIpc) is 2.41. The molecule has 0 saturated heterocycles. The fourth-order valence-electron chi connectivity index (χ4n) is 3.05. The summed E-state index contributed by atoms with van der Waals surface area (Å²) in [5.74, 6) is 0.588. The molecule has 20 heavy (non-hydrogen) atoms. The molecule has 0 radical (unpaired) electrons. The van der Waals surface area contributed by atoms with E-state index in [1.54, 1.807) is 12.1 Å². The summed E-state index contributed by atoms with van der Waals surface area (Å²) in [7, 11) is 2.08. The Morgan fingerprint density at radius 1 is 1.45 bits per heavy atom. The first-order chi connectivity index (χ1) is 9.47. The van der Waals surface area contributed by atoms with E-state index in [0.29, 0.717) is 23.1 Å². The quantitative estimate of drug-likeness (QED) is 0.862. The maximum Gasteiger partial charge on any atom is 0.127 e. The fourth-order valence-corrected chi connectivity index (χ4v) is 3.18. The molecule has 0 heterocycles. The van der Waals surface area contributed by atoms with Crippen molar-refractivity contribution in [3.05, 3.63) is 35.1 Å². The molecule has 2 nitrogen and oxygen atoms in total. The van der Waals surface area contributed by atoms with Gasteiger partial charge >= 0.3 is 0 Å². The SMILES string of the molecule is CC1CCCC(N(C)Cc2cc(C(N)=S)ccc2F)C1. The molecule has 1 aliphatic carbocycles. The van der Waals surface area contributed by atoms with E-state index in [0.717, 1.165) is 11.5 Å². The molecular weight excluding hydrogens is 271 g/mol. The molecule has 0 spiro atoms.